The van der Waals surface area contributed by atoms with Gasteiger partial charge in [0.1, 0.15) is 12.0 Å². The number of rotatable bonds is 6. The molecule has 0 aliphatic heterocycles. The molecule has 3 nitrogen and oxygen atoms in total. The summed E-state index contributed by atoms with van der Waals surface area (Å²) in [4.78, 5) is 0. The second-order valence-electron chi connectivity index (χ2n) is 5.18. The van der Waals surface area contributed by atoms with E-state index in [2.05, 4.69) is 19.2 Å². The molecule has 0 aliphatic carbocycles. The highest BCUT2D eigenvalue weighted by Crippen LogP contribution is 2.23. The molecule has 2 atom stereocenters. The molecule has 2 N–H and O–H groups in total. The first-order chi connectivity index (χ1) is 8.45. The molecule has 0 saturated heterocycles. The van der Waals surface area contributed by atoms with E-state index in [1.54, 1.807) is 0 Å². The Kier molecular flexibility index (Phi) is 8.07. The van der Waals surface area contributed by atoms with Crippen molar-refractivity contribution in [3.05, 3.63) is 29.3 Å². The van der Waals surface area contributed by atoms with Gasteiger partial charge in [0, 0.05) is 6.04 Å². The Labute approximate surface area is 122 Å². The summed E-state index contributed by atoms with van der Waals surface area (Å²) < 4.78 is 5.94. The van der Waals surface area contributed by atoms with Gasteiger partial charge >= 0.3 is 0 Å². The average molecular weight is 288 g/mol. The van der Waals surface area contributed by atoms with Crippen LogP contribution in [0.4, 0.5) is 0 Å². The minimum atomic E-state index is -0.121. The summed E-state index contributed by atoms with van der Waals surface area (Å²) in [5, 5.41) is 12.6. The maximum Gasteiger partial charge on any atom is 0.147 e. The highest BCUT2D eigenvalue weighted by Gasteiger charge is 2.16. The molecule has 0 aliphatic rings. The van der Waals surface area contributed by atoms with E-state index < -0.39 is 0 Å². The molecule has 0 aromatic heterocycles. The highest BCUT2D eigenvalue weighted by molar-refractivity contribution is 5.85. The van der Waals surface area contributed by atoms with Gasteiger partial charge in [0.05, 0.1) is 6.61 Å². The molecule has 1 aromatic rings. The molecular weight excluding hydrogens is 262 g/mol. The molecule has 4 heteroatoms. The maximum absolute atomic E-state index is 9.30. The normalized spacial score (nSPS) is 13.8. The summed E-state index contributed by atoms with van der Waals surface area (Å²) in [7, 11) is 0. The smallest absolute Gasteiger partial charge is 0.147 e. The average Bonchev–Trinajstić information content (AvgIpc) is 2.30. The van der Waals surface area contributed by atoms with Crippen LogP contribution >= 0.6 is 12.4 Å². The van der Waals surface area contributed by atoms with Crippen LogP contribution in [0.5, 0.6) is 5.75 Å². The Morgan fingerprint density at radius 2 is 1.68 bits per heavy atom. The van der Waals surface area contributed by atoms with Gasteiger partial charge in [0.15, 0.2) is 0 Å². The lowest BCUT2D eigenvalue weighted by Crippen LogP contribution is -2.45. The Bertz CT molecular complexity index is 362. The van der Waals surface area contributed by atoms with Crippen LogP contribution in [0.25, 0.3) is 0 Å². The maximum atomic E-state index is 9.30. The van der Waals surface area contributed by atoms with Crippen molar-refractivity contribution in [2.75, 3.05) is 6.61 Å². The van der Waals surface area contributed by atoms with Gasteiger partial charge in [-0.25, -0.2) is 0 Å². The van der Waals surface area contributed by atoms with E-state index in [1.807, 2.05) is 39.0 Å². The van der Waals surface area contributed by atoms with E-state index in [1.165, 1.54) is 0 Å². The molecule has 0 fully saturated rings. The van der Waals surface area contributed by atoms with Crippen LogP contribution in [0.15, 0.2) is 18.2 Å². The number of nitrogens with one attached hydrogen (secondary N) is 1. The monoisotopic (exact) mass is 287 g/mol. The number of aliphatic hydroxyl groups excluding tert-OH is 1. The number of benzene rings is 1. The Hall–Kier alpha value is -0.770. The van der Waals surface area contributed by atoms with Crippen LogP contribution in [0, 0.1) is 19.8 Å². The lowest BCUT2D eigenvalue weighted by Gasteiger charge is -2.26. The fraction of sp³-hybridized carbons (Fsp3) is 0.600. The third kappa shape index (κ3) is 5.39. The van der Waals surface area contributed by atoms with Crippen molar-refractivity contribution in [3.8, 4) is 5.75 Å². The topological polar surface area (TPSA) is 41.5 Å². The quantitative estimate of drug-likeness (QED) is 0.790. The summed E-state index contributed by atoms with van der Waals surface area (Å²) in [5.74, 6) is 1.30. The molecule has 0 heterocycles. The van der Waals surface area contributed by atoms with Gasteiger partial charge in [0.2, 0.25) is 0 Å². The van der Waals surface area contributed by atoms with Crippen LogP contribution in [-0.4, -0.2) is 24.0 Å². The van der Waals surface area contributed by atoms with Crippen molar-refractivity contribution in [3.63, 3.8) is 0 Å². The molecule has 0 saturated carbocycles. The number of aryl methyl sites for hydroxylation is 2. The Morgan fingerprint density at radius 1 is 1.16 bits per heavy atom. The minimum absolute atomic E-state index is 0. The molecular formula is C15H26ClNO2. The summed E-state index contributed by atoms with van der Waals surface area (Å²) in [6.07, 6.45) is -0.121. The van der Waals surface area contributed by atoms with E-state index in [-0.39, 0.29) is 31.3 Å². The zero-order valence-electron chi connectivity index (χ0n) is 12.4. The first-order valence-corrected chi connectivity index (χ1v) is 6.55. The van der Waals surface area contributed by atoms with Gasteiger partial charge in [-0.2, -0.15) is 0 Å². The second kappa shape index (κ2) is 8.41. The molecule has 0 spiro atoms. The van der Waals surface area contributed by atoms with E-state index >= 15 is 0 Å². The van der Waals surface area contributed by atoms with E-state index in [0.29, 0.717) is 5.92 Å². The predicted octanol–water partition coefficient (Wildman–Crippen LogP) is 3.06. The molecule has 2 unspecified atom stereocenters. The van der Waals surface area contributed by atoms with Crippen molar-refractivity contribution in [1.29, 1.82) is 0 Å². The summed E-state index contributed by atoms with van der Waals surface area (Å²) >= 11 is 0. The van der Waals surface area contributed by atoms with Crippen molar-refractivity contribution in [2.45, 2.75) is 46.9 Å². The van der Waals surface area contributed by atoms with E-state index in [0.717, 1.165) is 16.9 Å². The first kappa shape index (κ1) is 18.2. The van der Waals surface area contributed by atoms with Crippen molar-refractivity contribution >= 4 is 12.4 Å². The van der Waals surface area contributed by atoms with E-state index in [9.17, 15) is 5.11 Å². The number of aliphatic hydroxyl groups is 1. The Balaban J connectivity index is 0.00000324. The summed E-state index contributed by atoms with van der Waals surface area (Å²) in [5.41, 5.74) is 2.27. The second-order valence-corrected chi connectivity index (χ2v) is 5.18. The zero-order valence-corrected chi connectivity index (χ0v) is 13.3. The molecule has 0 radical (unpaired) electrons. The largest absolute Gasteiger partial charge is 0.475 e. The molecule has 19 heavy (non-hydrogen) atoms. The van der Waals surface area contributed by atoms with Crippen LogP contribution < -0.4 is 10.1 Å². The third-order valence-corrected chi connectivity index (χ3v) is 3.15. The Morgan fingerprint density at radius 3 is 2.11 bits per heavy atom. The van der Waals surface area contributed by atoms with Gasteiger partial charge in [-0.05, 0) is 37.8 Å². The van der Waals surface area contributed by atoms with Gasteiger partial charge in [-0.15, -0.1) is 12.4 Å². The van der Waals surface area contributed by atoms with Crippen LogP contribution in [0.1, 0.15) is 31.9 Å². The standard InChI is InChI=1S/C15H25NO2.ClH/c1-10(2)14(9-17)16-13(5)18-15-11(3)7-6-8-12(15)4;/h6-8,10,13-14,16-17H,9H2,1-5H3;1H. The number of ether oxygens (including phenoxy) is 1. The fourth-order valence-electron chi connectivity index (χ4n) is 1.95. The van der Waals surface area contributed by atoms with Crippen LogP contribution in [-0.2, 0) is 0 Å². The number of hydrogen-bond acceptors (Lipinski definition) is 3. The zero-order chi connectivity index (χ0) is 13.7. The van der Waals surface area contributed by atoms with Crippen molar-refractivity contribution < 1.29 is 9.84 Å². The molecule has 0 bridgehead atoms. The van der Waals surface area contributed by atoms with Gasteiger partial charge in [-0.3, -0.25) is 5.32 Å². The minimum Gasteiger partial charge on any atom is -0.475 e. The molecule has 0 amide bonds. The summed E-state index contributed by atoms with van der Waals surface area (Å²) in [6, 6.07) is 6.17. The summed E-state index contributed by atoms with van der Waals surface area (Å²) in [6.45, 7) is 10.3. The number of para-hydroxylation sites is 1. The SMILES string of the molecule is Cc1cccc(C)c1OC(C)NC(CO)C(C)C.Cl. The molecule has 1 rings (SSSR count). The van der Waals surface area contributed by atoms with Gasteiger partial charge in [-0.1, -0.05) is 32.0 Å². The predicted molar refractivity (Wildman–Crippen MR) is 82.1 cm³/mol. The van der Waals surface area contributed by atoms with Crippen LogP contribution in [0.3, 0.4) is 0 Å². The lowest BCUT2D eigenvalue weighted by atomic mass is 10.1. The van der Waals surface area contributed by atoms with E-state index in [4.69, 9.17) is 4.74 Å². The van der Waals surface area contributed by atoms with Gasteiger partial charge in [0.25, 0.3) is 0 Å². The highest BCUT2D eigenvalue weighted by atomic mass is 35.5. The number of halogens is 1. The lowest BCUT2D eigenvalue weighted by molar-refractivity contribution is 0.120. The number of hydrogen-bond donors (Lipinski definition) is 2. The molecule has 1 aromatic carbocycles. The van der Waals surface area contributed by atoms with Crippen molar-refractivity contribution in [2.24, 2.45) is 5.92 Å². The third-order valence-electron chi connectivity index (χ3n) is 3.15. The fourth-order valence-corrected chi connectivity index (χ4v) is 1.95. The first-order valence-electron chi connectivity index (χ1n) is 6.55. The van der Waals surface area contributed by atoms with Crippen LogP contribution in [0.2, 0.25) is 0 Å². The molecule has 110 valence electrons. The van der Waals surface area contributed by atoms with Crippen molar-refractivity contribution in [1.82, 2.24) is 5.32 Å². The van der Waals surface area contributed by atoms with Gasteiger partial charge < -0.3 is 9.84 Å².